The zero-order valence-corrected chi connectivity index (χ0v) is 17.7. The first kappa shape index (κ1) is 20.9. The average molecular weight is 398 g/mol. The predicted molar refractivity (Wildman–Crippen MR) is 116 cm³/mol. The number of ether oxygens (including phenoxy) is 1. The van der Waals surface area contributed by atoms with E-state index in [1.165, 1.54) is 0 Å². The van der Waals surface area contributed by atoms with Crippen molar-refractivity contribution in [3.05, 3.63) is 41.7 Å². The highest BCUT2D eigenvalue weighted by atomic mass is 16.5. The molecule has 1 fully saturated rings. The van der Waals surface area contributed by atoms with Gasteiger partial charge in [-0.15, -0.1) is 0 Å². The lowest BCUT2D eigenvalue weighted by Gasteiger charge is -2.30. The molecule has 7 heteroatoms. The zero-order chi connectivity index (χ0) is 20.8. The van der Waals surface area contributed by atoms with E-state index in [2.05, 4.69) is 20.6 Å². The molecule has 1 amide bonds. The molecule has 1 aliphatic rings. The van der Waals surface area contributed by atoms with Crippen LogP contribution < -0.4 is 20.3 Å². The van der Waals surface area contributed by atoms with Gasteiger partial charge in [-0.2, -0.15) is 0 Å². The number of rotatable bonds is 7. The number of aromatic nitrogens is 2. The lowest BCUT2D eigenvalue weighted by atomic mass is 9.91. The number of amides is 1. The number of aryl methyl sites for hydroxylation is 1. The van der Waals surface area contributed by atoms with Gasteiger partial charge in [0.2, 0.25) is 0 Å². The van der Waals surface area contributed by atoms with Crippen LogP contribution in [-0.4, -0.2) is 48.7 Å². The van der Waals surface area contributed by atoms with Crippen molar-refractivity contribution in [1.29, 1.82) is 0 Å². The second-order valence-corrected chi connectivity index (χ2v) is 7.68. The van der Waals surface area contributed by atoms with Gasteiger partial charge in [-0.25, -0.2) is 9.97 Å². The maximum absolute atomic E-state index is 12.6. The van der Waals surface area contributed by atoms with Gasteiger partial charge in [0.25, 0.3) is 5.91 Å². The van der Waals surface area contributed by atoms with Crippen molar-refractivity contribution in [3.8, 4) is 5.75 Å². The van der Waals surface area contributed by atoms with Gasteiger partial charge in [0.1, 0.15) is 23.2 Å². The molecule has 0 atom stereocenters. The van der Waals surface area contributed by atoms with Gasteiger partial charge < -0.3 is 20.3 Å². The van der Waals surface area contributed by atoms with Gasteiger partial charge in [0, 0.05) is 37.8 Å². The second-order valence-electron chi connectivity index (χ2n) is 7.68. The van der Waals surface area contributed by atoms with Crippen molar-refractivity contribution in [2.45, 2.75) is 51.6 Å². The molecule has 156 valence electrons. The van der Waals surface area contributed by atoms with Crippen LogP contribution >= 0.6 is 0 Å². The van der Waals surface area contributed by atoms with Crippen molar-refractivity contribution in [3.63, 3.8) is 0 Å². The Balaban J connectivity index is 1.52. The van der Waals surface area contributed by atoms with Crippen molar-refractivity contribution in [2.24, 2.45) is 0 Å². The topological polar surface area (TPSA) is 79.4 Å². The van der Waals surface area contributed by atoms with E-state index in [9.17, 15) is 4.79 Å². The molecule has 2 N–H and O–H groups in total. The van der Waals surface area contributed by atoms with E-state index in [0.717, 1.165) is 48.9 Å². The number of carbonyl (C=O) groups excluding carboxylic acids is 1. The SMILES string of the molecule is CCOc1cccc(C(=O)N[C@H]2CC[C@@H](Nc3cc(N(C)C)nc(C)n3)CC2)c1. The molecule has 2 aromatic rings. The summed E-state index contributed by atoms with van der Waals surface area (Å²) in [6.45, 7) is 4.43. The van der Waals surface area contributed by atoms with Crippen molar-refractivity contribution >= 4 is 17.5 Å². The molecule has 0 aliphatic heterocycles. The number of nitrogens with one attached hydrogen (secondary N) is 2. The fourth-order valence-electron chi connectivity index (χ4n) is 3.61. The minimum absolute atomic E-state index is 0.0370. The zero-order valence-electron chi connectivity index (χ0n) is 17.7. The van der Waals surface area contributed by atoms with E-state index in [-0.39, 0.29) is 11.9 Å². The molecule has 1 aliphatic carbocycles. The molecule has 0 radical (unpaired) electrons. The number of benzene rings is 1. The van der Waals surface area contributed by atoms with Gasteiger partial charge in [-0.3, -0.25) is 4.79 Å². The molecule has 1 aromatic carbocycles. The van der Waals surface area contributed by atoms with E-state index < -0.39 is 0 Å². The van der Waals surface area contributed by atoms with Gasteiger partial charge in [-0.1, -0.05) is 6.07 Å². The number of nitrogens with zero attached hydrogens (tertiary/aromatic N) is 3. The highest BCUT2D eigenvalue weighted by molar-refractivity contribution is 5.94. The minimum atomic E-state index is -0.0370. The van der Waals surface area contributed by atoms with Crippen LogP contribution in [0.1, 0.15) is 48.8 Å². The van der Waals surface area contributed by atoms with E-state index in [0.29, 0.717) is 18.2 Å². The quantitative estimate of drug-likeness (QED) is 0.745. The van der Waals surface area contributed by atoms with Gasteiger partial charge in [0.05, 0.1) is 6.61 Å². The largest absolute Gasteiger partial charge is 0.494 e. The molecule has 0 saturated heterocycles. The Morgan fingerprint density at radius 2 is 1.86 bits per heavy atom. The molecule has 1 aromatic heterocycles. The Kier molecular flexibility index (Phi) is 6.90. The normalized spacial score (nSPS) is 18.8. The van der Waals surface area contributed by atoms with E-state index in [1.807, 2.05) is 57.1 Å². The standard InChI is InChI=1S/C22H31N5O2/c1-5-29-19-8-6-7-16(13-19)22(28)26-18-11-9-17(10-12-18)25-20-14-21(27(3)4)24-15(2)23-20/h6-8,13-14,17-18H,5,9-12H2,1-4H3,(H,26,28)(H,23,24,25)/t17-,18+. The van der Waals surface area contributed by atoms with Crippen LogP contribution in [0.4, 0.5) is 11.6 Å². The molecule has 3 rings (SSSR count). The van der Waals surface area contributed by atoms with Crippen LogP contribution in [0.5, 0.6) is 5.75 Å². The average Bonchev–Trinajstić information content (AvgIpc) is 2.69. The van der Waals surface area contributed by atoms with E-state index >= 15 is 0 Å². The Bertz CT molecular complexity index is 832. The maximum Gasteiger partial charge on any atom is 0.251 e. The predicted octanol–water partition coefficient (Wildman–Crippen LogP) is 3.40. The summed E-state index contributed by atoms with van der Waals surface area (Å²) in [5.74, 6) is 3.21. The molecule has 0 spiro atoms. The molecule has 1 saturated carbocycles. The monoisotopic (exact) mass is 397 g/mol. The summed E-state index contributed by atoms with van der Waals surface area (Å²) in [5.41, 5.74) is 0.642. The summed E-state index contributed by atoms with van der Waals surface area (Å²) in [6, 6.07) is 9.87. The first-order valence-electron chi connectivity index (χ1n) is 10.3. The van der Waals surface area contributed by atoms with Crippen molar-refractivity contribution in [1.82, 2.24) is 15.3 Å². The first-order chi connectivity index (χ1) is 13.9. The lowest BCUT2D eigenvalue weighted by Crippen LogP contribution is -2.40. The molecule has 0 unspecified atom stereocenters. The van der Waals surface area contributed by atoms with Crippen LogP contribution in [-0.2, 0) is 0 Å². The van der Waals surface area contributed by atoms with Crippen LogP contribution in [0.15, 0.2) is 30.3 Å². The Morgan fingerprint density at radius 3 is 2.55 bits per heavy atom. The Hall–Kier alpha value is -2.83. The third-order valence-electron chi connectivity index (χ3n) is 5.10. The number of anilines is 2. The van der Waals surface area contributed by atoms with Gasteiger partial charge >= 0.3 is 0 Å². The smallest absolute Gasteiger partial charge is 0.251 e. The summed E-state index contributed by atoms with van der Waals surface area (Å²) in [5, 5.41) is 6.70. The maximum atomic E-state index is 12.6. The summed E-state index contributed by atoms with van der Waals surface area (Å²) in [4.78, 5) is 23.5. The fraction of sp³-hybridized carbons (Fsp3) is 0.500. The second kappa shape index (κ2) is 9.58. The number of hydrogen-bond donors (Lipinski definition) is 2. The van der Waals surface area contributed by atoms with Crippen LogP contribution in [0.2, 0.25) is 0 Å². The van der Waals surface area contributed by atoms with Crippen molar-refractivity contribution < 1.29 is 9.53 Å². The molecule has 0 bridgehead atoms. The highest BCUT2D eigenvalue weighted by Crippen LogP contribution is 2.23. The first-order valence-corrected chi connectivity index (χ1v) is 10.3. The summed E-state index contributed by atoms with van der Waals surface area (Å²) in [7, 11) is 3.95. The highest BCUT2D eigenvalue weighted by Gasteiger charge is 2.23. The third-order valence-corrected chi connectivity index (χ3v) is 5.10. The van der Waals surface area contributed by atoms with E-state index in [1.54, 1.807) is 6.07 Å². The molecule has 1 heterocycles. The molecule has 29 heavy (non-hydrogen) atoms. The van der Waals surface area contributed by atoms with Crippen LogP contribution in [0, 0.1) is 6.92 Å². The molecular formula is C22H31N5O2. The Morgan fingerprint density at radius 1 is 1.14 bits per heavy atom. The minimum Gasteiger partial charge on any atom is -0.494 e. The summed E-state index contributed by atoms with van der Waals surface area (Å²) in [6.07, 6.45) is 3.87. The van der Waals surface area contributed by atoms with Crippen LogP contribution in [0.3, 0.4) is 0 Å². The van der Waals surface area contributed by atoms with Crippen LogP contribution in [0.25, 0.3) is 0 Å². The fourth-order valence-corrected chi connectivity index (χ4v) is 3.61. The number of hydrogen-bond acceptors (Lipinski definition) is 6. The summed E-state index contributed by atoms with van der Waals surface area (Å²) >= 11 is 0. The third kappa shape index (κ3) is 5.82. The van der Waals surface area contributed by atoms with Gasteiger partial charge in [-0.05, 0) is 57.7 Å². The Labute approximate surface area is 172 Å². The molecule has 7 nitrogen and oxygen atoms in total. The summed E-state index contributed by atoms with van der Waals surface area (Å²) < 4.78 is 5.49. The van der Waals surface area contributed by atoms with Gasteiger partial charge in [0.15, 0.2) is 0 Å². The van der Waals surface area contributed by atoms with Crippen molar-refractivity contribution in [2.75, 3.05) is 30.9 Å². The molecular weight excluding hydrogens is 366 g/mol. The van der Waals surface area contributed by atoms with E-state index in [4.69, 9.17) is 4.74 Å². The lowest BCUT2D eigenvalue weighted by molar-refractivity contribution is 0.0926. The number of carbonyl (C=O) groups is 1.